The maximum absolute atomic E-state index is 12.1. The van der Waals surface area contributed by atoms with Crippen LogP contribution in [0.3, 0.4) is 0 Å². The number of benzene rings is 1. The summed E-state index contributed by atoms with van der Waals surface area (Å²) in [5.41, 5.74) is 0.181. The van der Waals surface area contributed by atoms with E-state index in [2.05, 4.69) is 4.72 Å². The smallest absolute Gasteiger partial charge is 0.233 e. The number of phenols is 1. The van der Waals surface area contributed by atoms with Gasteiger partial charge in [0.25, 0.3) is 0 Å². The Bertz CT molecular complexity index is 539. The molecule has 0 saturated heterocycles. The summed E-state index contributed by atoms with van der Waals surface area (Å²) in [7, 11) is -3.42. The predicted octanol–water partition coefficient (Wildman–Crippen LogP) is 3.37. The summed E-state index contributed by atoms with van der Waals surface area (Å²) in [5, 5.41) is 10.0. The Morgan fingerprint density at radius 2 is 1.95 bits per heavy atom. The molecule has 2 rings (SSSR count). The van der Waals surface area contributed by atoms with E-state index >= 15 is 0 Å². The summed E-state index contributed by atoms with van der Waals surface area (Å²) in [4.78, 5) is 0. The van der Waals surface area contributed by atoms with Gasteiger partial charge >= 0.3 is 0 Å². The molecule has 1 aromatic carbocycles. The van der Waals surface area contributed by atoms with Gasteiger partial charge in [0, 0.05) is 11.1 Å². The van der Waals surface area contributed by atoms with Gasteiger partial charge in [-0.05, 0) is 30.9 Å². The fourth-order valence-electron chi connectivity index (χ4n) is 2.46. The highest BCUT2D eigenvalue weighted by Gasteiger charge is 2.22. The Morgan fingerprint density at radius 3 is 2.58 bits per heavy atom. The van der Waals surface area contributed by atoms with E-state index in [0.29, 0.717) is 5.02 Å². The van der Waals surface area contributed by atoms with Crippen molar-refractivity contribution < 1.29 is 13.5 Å². The molecule has 106 valence electrons. The van der Waals surface area contributed by atoms with Crippen LogP contribution in [-0.4, -0.2) is 19.3 Å². The van der Waals surface area contributed by atoms with Gasteiger partial charge in [0.15, 0.2) is 0 Å². The predicted molar refractivity (Wildman–Crippen MR) is 77.1 cm³/mol. The number of anilines is 1. The monoisotopic (exact) mass is 303 g/mol. The zero-order valence-corrected chi connectivity index (χ0v) is 12.2. The summed E-state index contributed by atoms with van der Waals surface area (Å²) < 4.78 is 26.5. The second-order valence-electron chi connectivity index (χ2n) is 5.05. The minimum Gasteiger partial charge on any atom is -0.506 e. The molecule has 0 spiro atoms. The third-order valence-electron chi connectivity index (χ3n) is 3.41. The number of hydrogen-bond donors (Lipinski definition) is 2. The molecule has 0 bridgehead atoms. The lowest BCUT2D eigenvalue weighted by Crippen LogP contribution is -2.24. The van der Waals surface area contributed by atoms with Crippen LogP contribution in [0.1, 0.15) is 32.1 Å². The van der Waals surface area contributed by atoms with E-state index in [1.54, 1.807) is 6.07 Å². The van der Waals surface area contributed by atoms with Crippen molar-refractivity contribution in [2.45, 2.75) is 32.1 Å². The van der Waals surface area contributed by atoms with Crippen molar-refractivity contribution in [3.05, 3.63) is 23.2 Å². The Balaban J connectivity index is 2.03. The second-order valence-corrected chi connectivity index (χ2v) is 7.25. The molecule has 1 fully saturated rings. The maximum Gasteiger partial charge on any atom is 0.233 e. The van der Waals surface area contributed by atoms with Crippen molar-refractivity contribution in [3.63, 3.8) is 0 Å². The Kier molecular flexibility index (Phi) is 4.58. The SMILES string of the molecule is O=S(=O)(CC1CCCCC1)Nc1ccc(Cl)cc1O. The number of hydrogen-bond acceptors (Lipinski definition) is 3. The lowest BCUT2D eigenvalue weighted by Gasteiger charge is -2.21. The average molecular weight is 304 g/mol. The lowest BCUT2D eigenvalue weighted by molar-refractivity contribution is 0.385. The maximum atomic E-state index is 12.1. The number of aromatic hydroxyl groups is 1. The van der Waals surface area contributed by atoms with Gasteiger partial charge < -0.3 is 5.11 Å². The molecule has 6 heteroatoms. The summed E-state index contributed by atoms with van der Waals surface area (Å²) in [5.74, 6) is 0.190. The molecule has 0 heterocycles. The van der Waals surface area contributed by atoms with Crippen LogP contribution in [0.25, 0.3) is 0 Å². The van der Waals surface area contributed by atoms with Crippen LogP contribution in [0.4, 0.5) is 5.69 Å². The first kappa shape index (κ1) is 14.5. The first-order valence-electron chi connectivity index (χ1n) is 6.45. The number of sulfonamides is 1. The van der Waals surface area contributed by atoms with E-state index in [4.69, 9.17) is 11.6 Å². The molecule has 0 aliphatic heterocycles. The van der Waals surface area contributed by atoms with Crippen molar-refractivity contribution in [2.75, 3.05) is 10.5 Å². The lowest BCUT2D eigenvalue weighted by atomic mass is 9.91. The molecule has 1 aliphatic rings. The first-order valence-corrected chi connectivity index (χ1v) is 8.48. The van der Waals surface area contributed by atoms with Crippen molar-refractivity contribution in [1.29, 1.82) is 0 Å². The topological polar surface area (TPSA) is 66.4 Å². The van der Waals surface area contributed by atoms with E-state index in [9.17, 15) is 13.5 Å². The molecule has 0 radical (unpaired) electrons. The molecule has 4 nitrogen and oxygen atoms in total. The summed E-state index contributed by atoms with van der Waals surface area (Å²) in [6.07, 6.45) is 5.34. The van der Waals surface area contributed by atoms with Crippen LogP contribution < -0.4 is 4.72 Å². The molecule has 0 aromatic heterocycles. The quantitative estimate of drug-likeness (QED) is 0.838. The van der Waals surface area contributed by atoms with Crippen LogP contribution >= 0.6 is 11.6 Å². The zero-order chi connectivity index (χ0) is 13.9. The van der Waals surface area contributed by atoms with E-state index in [0.717, 1.165) is 25.7 Å². The molecular formula is C13H18ClNO3S. The van der Waals surface area contributed by atoms with Crippen LogP contribution in [0.2, 0.25) is 5.02 Å². The summed E-state index contributed by atoms with van der Waals surface area (Å²) in [6, 6.07) is 4.33. The minimum absolute atomic E-state index is 0.120. The van der Waals surface area contributed by atoms with Gasteiger partial charge in [-0.25, -0.2) is 8.42 Å². The second kappa shape index (κ2) is 6.01. The van der Waals surface area contributed by atoms with Crippen molar-refractivity contribution in [1.82, 2.24) is 0 Å². The number of rotatable bonds is 4. The van der Waals surface area contributed by atoms with Gasteiger partial charge in [-0.2, -0.15) is 0 Å². The van der Waals surface area contributed by atoms with Crippen LogP contribution in [-0.2, 0) is 10.0 Å². The minimum atomic E-state index is -3.42. The van der Waals surface area contributed by atoms with Crippen LogP contribution in [0.15, 0.2) is 18.2 Å². The summed E-state index contributed by atoms with van der Waals surface area (Å²) in [6.45, 7) is 0. The standard InChI is InChI=1S/C13H18ClNO3S/c14-11-6-7-12(13(16)8-11)15-19(17,18)9-10-4-2-1-3-5-10/h6-8,10,15-16H,1-5,9H2. The third kappa shape index (κ3) is 4.28. The van der Waals surface area contributed by atoms with E-state index in [1.807, 2.05) is 0 Å². The average Bonchev–Trinajstić information content (AvgIpc) is 2.33. The number of halogens is 1. The van der Waals surface area contributed by atoms with Gasteiger partial charge in [-0.3, -0.25) is 4.72 Å². The third-order valence-corrected chi connectivity index (χ3v) is 5.08. The van der Waals surface area contributed by atoms with Gasteiger partial charge in [0.05, 0.1) is 11.4 Å². The molecule has 19 heavy (non-hydrogen) atoms. The molecule has 1 saturated carbocycles. The number of phenolic OH excluding ortho intramolecular Hbond substituents is 1. The highest BCUT2D eigenvalue weighted by molar-refractivity contribution is 7.92. The Morgan fingerprint density at radius 1 is 1.26 bits per heavy atom. The first-order chi connectivity index (χ1) is 8.96. The Labute approximate surface area is 118 Å². The van der Waals surface area contributed by atoms with Gasteiger partial charge in [0.1, 0.15) is 5.75 Å². The molecule has 0 amide bonds. The molecule has 1 aliphatic carbocycles. The van der Waals surface area contributed by atoms with E-state index in [-0.39, 0.29) is 23.1 Å². The molecular weight excluding hydrogens is 286 g/mol. The van der Waals surface area contributed by atoms with Crippen LogP contribution in [0, 0.1) is 5.92 Å². The molecule has 1 aromatic rings. The van der Waals surface area contributed by atoms with Gasteiger partial charge in [0.2, 0.25) is 10.0 Å². The normalized spacial score (nSPS) is 17.3. The fourth-order valence-corrected chi connectivity index (χ4v) is 4.18. The van der Waals surface area contributed by atoms with E-state index < -0.39 is 10.0 Å². The Hall–Kier alpha value is -0.940. The molecule has 0 atom stereocenters. The van der Waals surface area contributed by atoms with Crippen LogP contribution in [0.5, 0.6) is 5.75 Å². The molecule has 2 N–H and O–H groups in total. The number of nitrogens with one attached hydrogen (secondary N) is 1. The van der Waals surface area contributed by atoms with Crippen molar-refractivity contribution in [2.24, 2.45) is 5.92 Å². The largest absolute Gasteiger partial charge is 0.506 e. The highest BCUT2D eigenvalue weighted by atomic mass is 35.5. The van der Waals surface area contributed by atoms with E-state index in [1.165, 1.54) is 18.6 Å². The zero-order valence-electron chi connectivity index (χ0n) is 10.6. The summed E-state index contributed by atoms with van der Waals surface area (Å²) >= 11 is 5.71. The fraction of sp³-hybridized carbons (Fsp3) is 0.538. The van der Waals surface area contributed by atoms with Gasteiger partial charge in [-0.15, -0.1) is 0 Å². The van der Waals surface area contributed by atoms with Crippen molar-refractivity contribution >= 4 is 27.3 Å². The highest BCUT2D eigenvalue weighted by Crippen LogP contribution is 2.29. The van der Waals surface area contributed by atoms with Gasteiger partial charge in [-0.1, -0.05) is 30.9 Å². The van der Waals surface area contributed by atoms with Crippen molar-refractivity contribution in [3.8, 4) is 5.75 Å². The molecule has 0 unspecified atom stereocenters.